The smallest absolute Gasteiger partial charge is 0.252 e. The number of carbonyl (C=O) groups excluding carboxylic acids is 1. The summed E-state index contributed by atoms with van der Waals surface area (Å²) in [6, 6.07) is 17.9. The van der Waals surface area contributed by atoms with E-state index in [2.05, 4.69) is 27.2 Å². The second-order valence-electron chi connectivity index (χ2n) is 6.91. The molecule has 32 heavy (non-hydrogen) atoms. The lowest BCUT2D eigenvalue weighted by atomic mass is 10.1. The van der Waals surface area contributed by atoms with Crippen LogP contribution in [0.3, 0.4) is 0 Å². The highest BCUT2D eigenvalue weighted by Gasteiger charge is 2.12. The molecule has 8 nitrogen and oxygen atoms in total. The second kappa shape index (κ2) is 9.13. The Morgan fingerprint density at radius 3 is 2.62 bits per heavy atom. The fourth-order valence-electron chi connectivity index (χ4n) is 3.29. The van der Waals surface area contributed by atoms with Gasteiger partial charge in [0, 0.05) is 23.3 Å². The molecule has 0 aliphatic rings. The molecule has 0 atom stereocenters. The molecular formula is C24H21N5O3. The van der Waals surface area contributed by atoms with Gasteiger partial charge >= 0.3 is 0 Å². The third kappa shape index (κ3) is 4.34. The Morgan fingerprint density at radius 1 is 1.09 bits per heavy atom. The monoisotopic (exact) mass is 427 g/mol. The van der Waals surface area contributed by atoms with Gasteiger partial charge in [-0.15, -0.1) is 0 Å². The van der Waals surface area contributed by atoms with E-state index in [1.165, 1.54) is 12.1 Å². The standard InChI is InChI=1S/C24H21N5O3/c1-3-21(30)26-18-9-5-4-8-17(18)15-29-22(31)13-12-16-14-25-24(28-23(16)29)27-19-10-6-7-11-20(19)32-2/h3-14H,1,15H2,2H3,(H,26,30)(H,25,27,28). The van der Waals surface area contributed by atoms with Crippen molar-refractivity contribution in [2.24, 2.45) is 0 Å². The molecule has 0 spiro atoms. The molecule has 0 fully saturated rings. The molecule has 0 saturated heterocycles. The summed E-state index contributed by atoms with van der Waals surface area (Å²) in [6.07, 6.45) is 2.85. The zero-order valence-corrected chi connectivity index (χ0v) is 17.4. The van der Waals surface area contributed by atoms with Gasteiger partial charge in [-0.2, -0.15) is 4.98 Å². The first-order valence-electron chi connectivity index (χ1n) is 9.87. The molecule has 0 radical (unpaired) electrons. The van der Waals surface area contributed by atoms with Crippen LogP contribution in [0.15, 0.2) is 84.3 Å². The number of rotatable bonds is 7. The molecule has 0 aliphatic heterocycles. The summed E-state index contributed by atoms with van der Waals surface area (Å²) in [7, 11) is 1.59. The number of hydrogen-bond donors (Lipinski definition) is 2. The highest BCUT2D eigenvalue weighted by Crippen LogP contribution is 2.26. The highest BCUT2D eigenvalue weighted by molar-refractivity contribution is 5.99. The third-order valence-electron chi connectivity index (χ3n) is 4.87. The summed E-state index contributed by atoms with van der Waals surface area (Å²) in [5.41, 5.74) is 2.31. The van der Waals surface area contributed by atoms with Gasteiger partial charge in [-0.25, -0.2) is 4.98 Å². The van der Waals surface area contributed by atoms with E-state index in [1.54, 1.807) is 30.0 Å². The maximum absolute atomic E-state index is 12.8. The molecule has 4 rings (SSSR count). The summed E-state index contributed by atoms with van der Waals surface area (Å²) in [5, 5.41) is 6.62. The number of methoxy groups -OCH3 is 1. The molecule has 160 valence electrons. The van der Waals surface area contributed by atoms with E-state index in [1.807, 2.05) is 42.5 Å². The number of amides is 1. The summed E-state index contributed by atoms with van der Waals surface area (Å²) in [5.74, 6) is 0.650. The van der Waals surface area contributed by atoms with Crippen molar-refractivity contribution in [3.63, 3.8) is 0 Å². The Hall–Kier alpha value is -4.46. The van der Waals surface area contributed by atoms with Crippen LogP contribution in [-0.2, 0) is 11.3 Å². The minimum Gasteiger partial charge on any atom is -0.495 e. The largest absolute Gasteiger partial charge is 0.495 e. The van der Waals surface area contributed by atoms with Crippen LogP contribution >= 0.6 is 0 Å². The average Bonchev–Trinajstić information content (AvgIpc) is 2.82. The van der Waals surface area contributed by atoms with Crippen molar-refractivity contribution in [3.8, 4) is 5.75 Å². The van der Waals surface area contributed by atoms with Crippen molar-refractivity contribution < 1.29 is 9.53 Å². The number of carbonyl (C=O) groups is 1. The van der Waals surface area contributed by atoms with Crippen molar-refractivity contribution in [2.75, 3.05) is 17.7 Å². The van der Waals surface area contributed by atoms with Crippen molar-refractivity contribution in [1.82, 2.24) is 14.5 Å². The number of pyridine rings is 1. The van der Waals surface area contributed by atoms with Gasteiger partial charge in [-0.1, -0.05) is 36.9 Å². The minimum atomic E-state index is -0.326. The molecule has 2 aromatic heterocycles. The van der Waals surface area contributed by atoms with Crippen molar-refractivity contribution in [3.05, 3.63) is 95.4 Å². The average molecular weight is 427 g/mol. The van der Waals surface area contributed by atoms with Crippen molar-refractivity contribution >= 4 is 34.3 Å². The zero-order valence-electron chi connectivity index (χ0n) is 17.4. The van der Waals surface area contributed by atoms with Gasteiger partial charge in [0.15, 0.2) is 0 Å². The molecule has 2 heterocycles. The second-order valence-corrected chi connectivity index (χ2v) is 6.91. The van der Waals surface area contributed by atoms with Crippen molar-refractivity contribution in [2.45, 2.75) is 6.54 Å². The normalized spacial score (nSPS) is 10.5. The Labute approximate surface area is 184 Å². The van der Waals surface area contributed by atoms with E-state index >= 15 is 0 Å². The molecule has 0 aliphatic carbocycles. The molecule has 0 bridgehead atoms. The van der Waals surface area contributed by atoms with Crippen LogP contribution in [0.4, 0.5) is 17.3 Å². The van der Waals surface area contributed by atoms with E-state index in [-0.39, 0.29) is 18.0 Å². The Kier molecular flexibility index (Phi) is 5.94. The molecule has 8 heteroatoms. The minimum absolute atomic E-state index is 0.217. The van der Waals surface area contributed by atoms with E-state index in [4.69, 9.17) is 4.74 Å². The van der Waals surface area contributed by atoms with E-state index in [0.717, 1.165) is 5.56 Å². The number of aromatic nitrogens is 3. The predicted octanol–water partition coefficient (Wildman–Crippen LogP) is 3.72. The Balaban J connectivity index is 1.75. The van der Waals surface area contributed by atoms with Crippen molar-refractivity contribution in [1.29, 1.82) is 0 Å². The topological polar surface area (TPSA) is 98.1 Å². The van der Waals surface area contributed by atoms with Gasteiger partial charge in [0.25, 0.3) is 5.56 Å². The highest BCUT2D eigenvalue weighted by atomic mass is 16.5. The lowest BCUT2D eigenvalue weighted by Crippen LogP contribution is -2.22. The lowest BCUT2D eigenvalue weighted by Gasteiger charge is -2.14. The predicted molar refractivity (Wildman–Crippen MR) is 124 cm³/mol. The third-order valence-corrected chi connectivity index (χ3v) is 4.87. The van der Waals surface area contributed by atoms with Gasteiger partial charge in [0.1, 0.15) is 11.4 Å². The number of nitrogens with zero attached hydrogens (tertiary/aromatic N) is 3. The molecule has 2 aromatic carbocycles. The Bertz CT molecular complexity index is 1360. The summed E-state index contributed by atoms with van der Waals surface area (Å²) in [6.45, 7) is 3.70. The number of para-hydroxylation sites is 3. The number of hydrogen-bond acceptors (Lipinski definition) is 6. The van der Waals surface area contributed by atoms with Crippen LogP contribution < -0.4 is 20.9 Å². The first kappa shape index (κ1) is 20.8. The molecule has 0 unspecified atom stereocenters. The molecular weight excluding hydrogens is 406 g/mol. The van der Waals surface area contributed by atoms with Crippen LogP contribution in [0.1, 0.15) is 5.56 Å². The van der Waals surface area contributed by atoms with Crippen LogP contribution in [0.25, 0.3) is 11.0 Å². The van der Waals surface area contributed by atoms with Crippen LogP contribution in [0.5, 0.6) is 5.75 Å². The molecule has 1 amide bonds. The first-order valence-corrected chi connectivity index (χ1v) is 9.87. The fourth-order valence-corrected chi connectivity index (χ4v) is 3.29. The maximum atomic E-state index is 12.8. The summed E-state index contributed by atoms with van der Waals surface area (Å²) in [4.78, 5) is 33.5. The number of fused-ring (bicyclic) bond motifs is 1. The van der Waals surface area contributed by atoms with E-state index in [9.17, 15) is 9.59 Å². The van der Waals surface area contributed by atoms with Crippen LogP contribution in [-0.4, -0.2) is 27.6 Å². The maximum Gasteiger partial charge on any atom is 0.252 e. The SMILES string of the molecule is C=CC(=O)Nc1ccccc1Cn1c(=O)ccc2cnc(Nc3ccccc3OC)nc21. The van der Waals surface area contributed by atoms with Crippen LogP contribution in [0, 0.1) is 0 Å². The first-order chi connectivity index (χ1) is 15.6. The number of anilines is 3. The lowest BCUT2D eigenvalue weighted by molar-refractivity contribution is -0.111. The number of ether oxygens (including phenoxy) is 1. The molecule has 0 saturated carbocycles. The van der Waals surface area contributed by atoms with Gasteiger partial charge < -0.3 is 15.4 Å². The van der Waals surface area contributed by atoms with E-state index in [0.29, 0.717) is 34.1 Å². The van der Waals surface area contributed by atoms with E-state index < -0.39 is 0 Å². The van der Waals surface area contributed by atoms with Gasteiger partial charge in [-0.3, -0.25) is 14.2 Å². The molecule has 4 aromatic rings. The summed E-state index contributed by atoms with van der Waals surface area (Å²) >= 11 is 0. The number of benzene rings is 2. The Morgan fingerprint density at radius 2 is 1.84 bits per heavy atom. The summed E-state index contributed by atoms with van der Waals surface area (Å²) < 4.78 is 6.91. The van der Waals surface area contributed by atoms with Crippen LogP contribution in [0.2, 0.25) is 0 Å². The van der Waals surface area contributed by atoms with Gasteiger partial charge in [0.05, 0.1) is 19.3 Å². The zero-order chi connectivity index (χ0) is 22.5. The fraction of sp³-hybridized carbons (Fsp3) is 0.0833. The van der Waals surface area contributed by atoms with Gasteiger partial charge in [-0.05, 0) is 35.9 Å². The molecule has 2 N–H and O–H groups in total. The quantitative estimate of drug-likeness (QED) is 0.436. The van der Waals surface area contributed by atoms with Gasteiger partial charge in [0.2, 0.25) is 11.9 Å². The number of nitrogens with one attached hydrogen (secondary N) is 2.